The average molecular weight is 147 g/mol. The van der Waals surface area contributed by atoms with E-state index in [0.717, 1.165) is 0 Å². The van der Waals surface area contributed by atoms with Crippen LogP contribution in [-0.4, -0.2) is 24.2 Å². The van der Waals surface area contributed by atoms with Gasteiger partial charge in [-0.15, -0.1) is 8.96 Å². The molecular weight excluding hydrogens is 144 g/mol. The van der Waals surface area contributed by atoms with E-state index in [9.17, 15) is 17.4 Å². The minimum atomic E-state index is -4.55. The molecule has 0 aliphatic heterocycles. The molecule has 0 aromatic rings. The first-order chi connectivity index (χ1) is 3.42. The summed E-state index contributed by atoms with van der Waals surface area (Å²) < 4.78 is 48.2. The molecule has 0 unspecified atom stereocenters. The summed E-state index contributed by atoms with van der Waals surface area (Å²) in [5.74, 6) is -1.65. The van der Waals surface area contributed by atoms with Crippen LogP contribution < -0.4 is 0 Å². The second kappa shape index (κ2) is 2.33. The van der Waals surface area contributed by atoms with Gasteiger partial charge in [-0.3, -0.25) is 4.55 Å². The van der Waals surface area contributed by atoms with E-state index in [1.54, 1.807) is 0 Å². The molecule has 4 nitrogen and oxygen atoms in total. The highest BCUT2D eigenvalue weighted by Crippen LogP contribution is 1.91. The zero-order valence-corrected chi connectivity index (χ0v) is 4.40. The quantitative estimate of drug-likeness (QED) is 0.437. The molecule has 1 N–H and O–H groups in total. The smallest absolute Gasteiger partial charge is 0.283 e. The Kier molecular flexibility index (Phi) is 2.26. The topological polar surface area (TPSA) is 57.6 Å². The lowest BCUT2D eigenvalue weighted by molar-refractivity contribution is -0.136. The lowest BCUT2D eigenvalue weighted by Gasteiger charge is -1.93. The van der Waals surface area contributed by atoms with Gasteiger partial charge in [0, 0.05) is 5.34 Å². The molecule has 0 aromatic carbocycles. The summed E-state index contributed by atoms with van der Waals surface area (Å²) in [6, 6.07) is 0. The minimum Gasteiger partial charge on any atom is -0.284 e. The monoisotopic (exact) mass is 147 g/mol. The van der Waals surface area contributed by atoms with E-state index < -0.39 is 21.3 Å². The van der Waals surface area contributed by atoms with Crippen molar-refractivity contribution in [2.45, 2.75) is 0 Å². The Hall–Kier alpha value is -0.270. The predicted molar refractivity (Wildman–Crippen MR) is 20.5 cm³/mol. The summed E-state index contributed by atoms with van der Waals surface area (Å²) in [6.45, 7) is 0. The second-order valence-corrected chi connectivity index (χ2v) is 2.44. The Morgan fingerprint density at radius 1 is 1.50 bits per heavy atom. The molecule has 8 heavy (non-hydrogen) atoms. The largest absolute Gasteiger partial charge is 0.284 e. The van der Waals surface area contributed by atoms with E-state index in [-0.39, 0.29) is 0 Å². The van der Waals surface area contributed by atoms with Crippen LogP contribution in [0, 0.1) is 0 Å². The Balaban J connectivity index is 3.75. The van der Waals surface area contributed by atoms with Crippen LogP contribution in [0.2, 0.25) is 0 Å². The molecule has 0 fully saturated rings. The summed E-state index contributed by atoms with van der Waals surface area (Å²) >= 11 is 0. The van der Waals surface area contributed by atoms with Crippen LogP contribution in [0.15, 0.2) is 0 Å². The van der Waals surface area contributed by atoms with Crippen molar-refractivity contribution in [3.63, 3.8) is 0 Å². The first-order valence-corrected chi connectivity index (χ1v) is 3.07. The highest BCUT2D eigenvalue weighted by molar-refractivity contribution is 7.85. The van der Waals surface area contributed by atoms with Crippen LogP contribution in [0.4, 0.5) is 8.96 Å². The fourth-order valence-electron chi connectivity index (χ4n) is 0.123. The maximum atomic E-state index is 10.8. The predicted octanol–water partition coefficient (Wildman–Crippen LogP) is -0.0973. The van der Waals surface area contributed by atoms with Crippen LogP contribution >= 0.6 is 0 Å². The number of halogens is 2. The number of hydrogen-bond donors (Lipinski definition) is 1. The summed E-state index contributed by atoms with van der Waals surface area (Å²) in [5.41, 5.74) is 0. The van der Waals surface area contributed by atoms with E-state index in [0.29, 0.717) is 0 Å². The zero-order chi connectivity index (χ0) is 6.78. The fraction of sp³-hybridized carbons (Fsp3) is 1.00. The Morgan fingerprint density at radius 3 is 1.88 bits per heavy atom. The third-order valence-electron chi connectivity index (χ3n) is 0.261. The highest BCUT2D eigenvalue weighted by Gasteiger charge is 2.10. The Bertz CT molecular complexity index is 151. The normalized spacial score (nSPS) is 12.5. The van der Waals surface area contributed by atoms with Gasteiger partial charge in [-0.1, -0.05) is 0 Å². The third kappa shape index (κ3) is 5.73. The van der Waals surface area contributed by atoms with Crippen molar-refractivity contribution in [1.82, 2.24) is 5.34 Å². The van der Waals surface area contributed by atoms with Gasteiger partial charge in [-0.2, -0.15) is 8.42 Å². The van der Waals surface area contributed by atoms with Crippen LogP contribution in [-0.2, 0) is 10.1 Å². The van der Waals surface area contributed by atoms with E-state index >= 15 is 0 Å². The average Bonchev–Trinajstić information content (AvgIpc) is 1.21. The molecule has 0 atom stereocenters. The first-order valence-electron chi connectivity index (χ1n) is 1.46. The van der Waals surface area contributed by atoms with Gasteiger partial charge >= 0.3 is 0 Å². The van der Waals surface area contributed by atoms with E-state index in [1.165, 1.54) is 0 Å². The van der Waals surface area contributed by atoms with Crippen molar-refractivity contribution in [2.75, 3.05) is 5.88 Å². The molecule has 0 rings (SSSR count). The molecule has 0 spiro atoms. The van der Waals surface area contributed by atoms with Gasteiger partial charge in [0.1, 0.15) is 0 Å². The van der Waals surface area contributed by atoms with Crippen molar-refractivity contribution in [1.29, 1.82) is 0 Å². The van der Waals surface area contributed by atoms with Crippen molar-refractivity contribution in [3.05, 3.63) is 0 Å². The number of nitrogens with zero attached hydrogens (tertiary/aromatic N) is 1. The zero-order valence-electron chi connectivity index (χ0n) is 3.58. The fourth-order valence-corrected chi connectivity index (χ4v) is 0.370. The molecule has 0 aliphatic rings. The van der Waals surface area contributed by atoms with Crippen molar-refractivity contribution < 1.29 is 21.9 Å². The number of hydrogen-bond acceptors (Lipinski definition) is 3. The Morgan fingerprint density at radius 2 is 1.88 bits per heavy atom. The highest BCUT2D eigenvalue weighted by atomic mass is 32.2. The van der Waals surface area contributed by atoms with Gasteiger partial charge in [0.05, 0.1) is 0 Å². The van der Waals surface area contributed by atoms with Gasteiger partial charge in [-0.05, 0) is 0 Å². The standard InChI is InChI=1S/CH3F2NO3S/c2-4(3)1-8(5,6)7/h1H2,(H,5,6,7). The van der Waals surface area contributed by atoms with Gasteiger partial charge in [-0.25, -0.2) is 0 Å². The number of rotatable bonds is 2. The lowest BCUT2D eigenvalue weighted by atomic mass is 11.5. The lowest BCUT2D eigenvalue weighted by Crippen LogP contribution is -2.13. The van der Waals surface area contributed by atoms with Crippen LogP contribution in [0.5, 0.6) is 0 Å². The molecule has 50 valence electrons. The summed E-state index contributed by atoms with van der Waals surface area (Å²) in [4.78, 5) is 0. The molecule has 0 saturated carbocycles. The molecule has 0 aliphatic carbocycles. The SMILES string of the molecule is O=S(=O)(O)CN(F)F. The van der Waals surface area contributed by atoms with E-state index in [4.69, 9.17) is 4.55 Å². The van der Waals surface area contributed by atoms with E-state index in [1.807, 2.05) is 0 Å². The molecule has 0 radical (unpaired) electrons. The second-order valence-electron chi connectivity index (χ2n) is 1.01. The molecule has 0 aromatic heterocycles. The summed E-state index contributed by atoms with van der Waals surface area (Å²) in [7, 11) is -4.55. The van der Waals surface area contributed by atoms with Crippen LogP contribution in [0.25, 0.3) is 0 Å². The van der Waals surface area contributed by atoms with Crippen molar-refractivity contribution in [3.8, 4) is 0 Å². The molecule has 0 amide bonds. The van der Waals surface area contributed by atoms with Crippen LogP contribution in [0.3, 0.4) is 0 Å². The Labute approximate surface area is 44.3 Å². The van der Waals surface area contributed by atoms with Crippen molar-refractivity contribution >= 4 is 10.1 Å². The molecule has 0 bridgehead atoms. The minimum absolute atomic E-state index is 1.63. The maximum Gasteiger partial charge on any atom is 0.283 e. The van der Waals surface area contributed by atoms with E-state index in [2.05, 4.69) is 0 Å². The first kappa shape index (κ1) is 7.73. The van der Waals surface area contributed by atoms with Gasteiger partial charge in [0.25, 0.3) is 10.1 Å². The molecule has 0 heterocycles. The molecule has 7 heteroatoms. The summed E-state index contributed by atoms with van der Waals surface area (Å²) in [5, 5.41) is -1.63. The summed E-state index contributed by atoms with van der Waals surface area (Å²) in [6.07, 6.45) is 0. The van der Waals surface area contributed by atoms with Gasteiger partial charge in [0.2, 0.25) is 0 Å². The molecule has 0 saturated heterocycles. The van der Waals surface area contributed by atoms with Crippen LogP contribution in [0.1, 0.15) is 0 Å². The van der Waals surface area contributed by atoms with Gasteiger partial charge in [0.15, 0.2) is 5.88 Å². The van der Waals surface area contributed by atoms with Crippen molar-refractivity contribution in [2.24, 2.45) is 0 Å². The van der Waals surface area contributed by atoms with Gasteiger partial charge < -0.3 is 0 Å². The maximum absolute atomic E-state index is 10.8. The molecular formula is CH3F2NO3S. The third-order valence-corrected chi connectivity index (χ3v) is 0.782.